The molecule has 5 aliphatic heterocycles. The third-order valence-electron chi connectivity index (χ3n) is 18.3. The molecule has 0 aromatic heterocycles. The summed E-state index contributed by atoms with van der Waals surface area (Å²) < 4.78 is 91.6. The predicted molar refractivity (Wildman–Crippen MR) is 381 cm³/mol. The second-order valence-corrected chi connectivity index (χ2v) is 27.4. The Morgan fingerprint density at radius 1 is 0.619 bits per heavy atom. The summed E-state index contributed by atoms with van der Waals surface area (Å²) in [5.74, 6) is -0.686. The number of fused-ring (bicyclic) bond motifs is 6. The highest BCUT2D eigenvalue weighted by Gasteiger charge is 2.45. The lowest BCUT2D eigenvalue weighted by Gasteiger charge is -2.39. The number of quaternary nitrogens is 1. The summed E-state index contributed by atoms with van der Waals surface area (Å²) in [5.41, 5.74) is 17.7. The van der Waals surface area contributed by atoms with Gasteiger partial charge in [0.1, 0.15) is 56.5 Å². The van der Waals surface area contributed by atoms with Crippen LogP contribution in [-0.4, -0.2) is 204 Å². The highest BCUT2D eigenvalue weighted by Crippen LogP contribution is 2.42. The third-order valence-corrected chi connectivity index (χ3v) is 19.1. The van der Waals surface area contributed by atoms with Gasteiger partial charge < -0.3 is 91.0 Å². The first-order valence-electron chi connectivity index (χ1n) is 34.1. The fourth-order valence-electron chi connectivity index (χ4n) is 13.1. The van der Waals surface area contributed by atoms with Crippen molar-refractivity contribution in [3.63, 3.8) is 0 Å². The zero-order valence-corrected chi connectivity index (χ0v) is 59.0. The molecule has 5 heterocycles. The first-order chi connectivity index (χ1) is 50.8. The molecule has 5 aliphatic rings. The largest absolute Gasteiger partial charge is 0.501 e. The van der Waals surface area contributed by atoms with Crippen LogP contribution >= 0.6 is 0 Å². The summed E-state index contributed by atoms with van der Waals surface area (Å²) in [4.78, 5) is 58.0. The summed E-state index contributed by atoms with van der Waals surface area (Å²) in [6.07, 6.45) is -3.69. The molecule has 12 rings (SSSR count). The topological polar surface area (TPSA) is 360 Å². The number of methoxy groups -OCH3 is 2. The number of benzene rings is 7. The van der Waals surface area contributed by atoms with Crippen molar-refractivity contribution in [1.29, 1.82) is 0 Å². The highest BCUT2D eigenvalue weighted by molar-refractivity contribution is 7.82. The predicted octanol–water partition coefficient (Wildman–Crippen LogP) is 7.18. The maximum atomic E-state index is 14.3. The fraction of sp³-hybridized carbons (Fsp3) is 0.373. The van der Waals surface area contributed by atoms with Gasteiger partial charge in [-0.05, 0) is 125 Å². The van der Waals surface area contributed by atoms with E-state index in [0.29, 0.717) is 95.6 Å². The Morgan fingerprint density at radius 3 is 1.70 bits per heavy atom. The minimum atomic E-state index is -5.06. The number of nitrogens with zero attached hydrogens (tertiary/aromatic N) is 8. The lowest BCUT2D eigenvalue weighted by Crippen LogP contribution is -2.60. The molecule has 29 nitrogen and oxygen atoms in total. The Bertz CT molecular complexity index is 4370. The van der Waals surface area contributed by atoms with E-state index in [1.54, 1.807) is 36.4 Å². The molecule has 0 saturated carbocycles. The molecular formula is C75H82N9O20S+. The van der Waals surface area contributed by atoms with E-state index >= 15 is 0 Å². The molecule has 105 heavy (non-hydrogen) atoms. The fourth-order valence-corrected chi connectivity index (χ4v) is 13.9. The average molecular weight is 1460 g/mol. The van der Waals surface area contributed by atoms with Crippen LogP contribution in [0.4, 0.5) is 11.4 Å². The molecule has 7 atom stereocenters. The van der Waals surface area contributed by atoms with E-state index in [1.165, 1.54) is 43.5 Å². The summed E-state index contributed by atoms with van der Waals surface area (Å²) in [7, 11) is 2.05. The smallest absolute Gasteiger partial charge is 0.493 e. The third kappa shape index (κ3) is 18.3. The van der Waals surface area contributed by atoms with Crippen molar-refractivity contribution in [3.05, 3.63) is 205 Å². The minimum Gasteiger partial charge on any atom is -0.493 e. The molecule has 0 spiro atoms. The monoisotopic (exact) mass is 1460 g/mol. The van der Waals surface area contributed by atoms with Gasteiger partial charge in [0.05, 0.1) is 109 Å². The summed E-state index contributed by atoms with van der Waals surface area (Å²) >= 11 is 0. The maximum Gasteiger partial charge on any atom is 0.501 e. The van der Waals surface area contributed by atoms with Crippen molar-refractivity contribution >= 4 is 51.9 Å². The molecule has 7 aromatic rings. The van der Waals surface area contributed by atoms with Crippen molar-refractivity contribution in [2.45, 2.75) is 95.0 Å². The molecule has 552 valence electrons. The Morgan fingerprint density at radius 2 is 1.15 bits per heavy atom. The van der Waals surface area contributed by atoms with E-state index in [2.05, 4.69) is 27.5 Å². The van der Waals surface area contributed by atoms with Gasteiger partial charge in [0.15, 0.2) is 34.5 Å². The van der Waals surface area contributed by atoms with Crippen LogP contribution in [0.25, 0.3) is 10.4 Å². The number of hydrogen-bond acceptors (Lipinski definition) is 23. The van der Waals surface area contributed by atoms with E-state index in [4.69, 9.17) is 66.5 Å². The SMILES string of the molecule is COc1cc2c(cc1OCc1cc(COc3cc4c(cc3OC)C(=O)N3Cc5ccccc5CC3C=N4)cc(C[N+](C)(C)Cc3ccc(OS(=O)(=O)Oc4cc(C(=O)NCCOCCOCCOCCN=[N+]=[N-])ccc4OC4O[C@H](CO)[C@H](O)[C@H](O)[C@H]4O)cc3)c1)N=CC1Cc3ccccc3CN1C2=O. The summed E-state index contributed by atoms with van der Waals surface area (Å²) in [5, 5.41) is 47.6. The average Bonchev–Trinajstić information content (AvgIpc) is 1.69. The normalized spacial score (nSPS) is 19.4. The van der Waals surface area contributed by atoms with Crippen LogP contribution in [-0.2, 0) is 81.6 Å². The van der Waals surface area contributed by atoms with E-state index in [9.17, 15) is 43.2 Å². The number of aliphatic hydroxyl groups excluding tert-OH is 4. The van der Waals surface area contributed by atoms with Gasteiger partial charge in [-0.1, -0.05) is 53.6 Å². The number of hydrogen-bond donors (Lipinski definition) is 5. The molecule has 5 N–H and O–H groups in total. The number of aliphatic hydroxyl groups is 4. The number of ether oxygens (including phenoxy) is 9. The van der Waals surface area contributed by atoms with Crippen LogP contribution < -0.4 is 37.4 Å². The van der Waals surface area contributed by atoms with Crippen molar-refractivity contribution in [2.24, 2.45) is 15.1 Å². The zero-order chi connectivity index (χ0) is 73.8. The van der Waals surface area contributed by atoms with Gasteiger partial charge in [0.2, 0.25) is 6.29 Å². The van der Waals surface area contributed by atoms with E-state index < -0.39 is 65.1 Å². The van der Waals surface area contributed by atoms with E-state index in [1.807, 2.05) is 90.9 Å². The maximum absolute atomic E-state index is 14.3. The van der Waals surface area contributed by atoms with E-state index in [0.717, 1.165) is 45.5 Å². The van der Waals surface area contributed by atoms with Crippen LogP contribution in [0.1, 0.15) is 75.6 Å². The van der Waals surface area contributed by atoms with Crippen molar-refractivity contribution in [3.8, 4) is 40.2 Å². The summed E-state index contributed by atoms with van der Waals surface area (Å²) in [6.45, 7) is 2.72. The molecule has 0 aliphatic carbocycles. The van der Waals surface area contributed by atoms with Gasteiger partial charge in [-0.25, -0.2) is 0 Å². The second-order valence-electron chi connectivity index (χ2n) is 26.3. The molecule has 3 unspecified atom stereocenters. The first-order valence-corrected chi connectivity index (χ1v) is 35.4. The van der Waals surface area contributed by atoms with Gasteiger partial charge in [0.25, 0.3) is 17.7 Å². The number of aliphatic imine (C=N–C) groups is 2. The van der Waals surface area contributed by atoms with E-state index in [-0.39, 0.29) is 94.5 Å². The molecule has 3 amide bonds. The van der Waals surface area contributed by atoms with Crippen LogP contribution in [0.15, 0.2) is 149 Å². The van der Waals surface area contributed by atoms with Gasteiger partial charge >= 0.3 is 10.4 Å². The number of rotatable bonds is 32. The number of amides is 3. The zero-order valence-electron chi connectivity index (χ0n) is 58.2. The standard InChI is InChI=1S/C75H81N9O20S/c1-84(2,41-46-13-16-57(17-14-46)103-105(92,93)104-67-32-52(15-18-62(67)101-75-71(88)70(87)69(86)68(43-85)102-75)72(89)77-19-21-96-23-25-98-26-24-97-22-20-80-81-76)42-47-27-48(44-99-65-35-60-58(33-63(65)94-3)73(90)82-39-53-11-7-5-9-50(53)30-55(82)37-78-60)29-49(28-47)45-100-66-36-61-59(34-64(66)95-4)74(91)83-40-54-12-8-6-10-51(54)31-56(83)38-79-61/h5-18,27-29,32-38,55-56,68-71,75,85-88H,19-26,30-31,39-45H2,1-4H3/p+1/t55?,56?,68-,69+,70+,71-,75?/m1/s1. The van der Waals surface area contributed by atoms with Crippen molar-refractivity contribution < 1.29 is 98.7 Å². The number of nitrogens with one attached hydrogen (secondary N) is 1. The molecular weight excluding hydrogens is 1380 g/mol. The van der Waals surface area contributed by atoms with Gasteiger partial charge in [-0.15, -0.1) is 8.42 Å². The van der Waals surface area contributed by atoms with Gasteiger partial charge in [-0.3, -0.25) is 24.4 Å². The molecule has 7 aromatic carbocycles. The van der Waals surface area contributed by atoms with Crippen molar-refractivity contribution in [2.75, 3.05) is 87.7 Å². The Balaban J connectivity index is 0.742. The van der Waals surface area contributed by atoms with Crippen LogP contribution in [0.2, 0.25) is 0 Å². The van der Waals surface area contributed by atoms with Crippen LogP contribution in [0.3, 0.4) is 0 Å². The highest BCUT2D eigenvalue weighted by atomic mass is 32.3. The Labute approximate surface area is 606 Å². The molecule has 1 fully saturated rings. The Kier molecular flexibility index (Phi) is 23.9. The van der Waals surface area contributed by atoms with Gasteiger partial charge in [-0.2, -0.15) is 0 Å². The lowest BCUT2D eigenvalue weighted by molar-refractivity contribution is -0.916. The van der Waals surface area contributed by atoms with Gasteiger partial charge in [0, 0.05) is 72.3 Å². The molecule has 0 bridgehead atoms. The molecule has 30 heteroatoms. The van der Waals surface area contributed by atoms with Crippen LogP contribution in [0, 0.1) is 0 Å². The molecule has 1 saturated heterocycles. The molecule has 0 radical (unpaired) electrons. The second kappa shape index (κ2) is 33.7. The van der Waals surface area contributed by atoms with Crippen LogP contribution in [0.5, 0.6) is 40.2 Å². The number of carbonyl (C=O) groups is 3. The number of carbonyl (C=O) groups excluding carboxylic acids is 3. The summed E-state index contributed by atoms with van der Waals surface area (Å²) in [6, 6.07) is 38.3. The minimum absolute atomic E-state index is 0.0340. The lowest BCUT2D eigenvalue weighted by atomic mass is 9.94. The first kappa shape index (κ1) is 74.5. The van der Waals surface area contributed by atoms with Crippen molar-refractivity contribution in [1.82, 2.24) is 15.1 Å². The number of azide groups is 1. The quantitative estimate of drug-likeness (QED) is 0.00916. The Hall–Kier alpha value is -10.2.